The lowest BCUT2D eigenvalue weighted by Crippen LogP contribution is -2.31. The number of rotatable bonds is 3. The Labute approximate surface area is 111 Å². The Bertz CT molecular complexity index is 425. The first-order valence-electron chi connectivity index (χ1n) is 6.05. The standard InChI is InChI=1S/C12H17ClN2O3/c1-7-10(12(13)18-14-7)5-11(17)15-4-3-9(6-15)8(2)16/h8-9,16H,3-6H2,1-2H3. The van der Waals surface area contributed by atoms with Crippen molar-refractivity contribution >= 4 is 17.5 Å². The number of halogens is 1. The van der Waals surface area contributed by atoms with Crippen molar-refractivity contribution < 1.29 is 14.4 Å². The second kappa shape index (κ2) is 5.28. The van der Waals surface area contributed by atoms with E-state index in [9.17, 15) is 9.90 Å². The highest BCUT2D eigenvalue weighted by molar-refractivity contribution is 6.29. The van der Waals surface area contributed by atoms with Crippen LogP contribution in [0.15, 0.2) is 4.52 Å². The lowest BCUT2D eigenvalue weighted by molar-refractivity contribution is -0.129. The molecule has 1 saturated heterocycles. The zero-order chi connectivity index (χ0) is 13.3. The van der Waals surface area contributed by atoms with Gasteiger partial charge < -0.3 is 14.5 Å². The van der Waals surface area contributed by atoms with Crippen molar-refractivity contribution in [3.05, 3.63) is 16.5 Å². The third-order valence-electron chi connectivity index (χ3n) is 3.52. The number of amides is 1. The topological polar surface area (TPSA) is 66.6 Å². The van der Waals surface area contributed by atoms with Crippen molar-refractivity contribution in [2.45, 2.75) is 32.8 Å². The van der Waals surface area contributed by atoms with Gasteiger partial charge in [-0.25, -0.2) is 0 Å². The minimum atomic E-state index is -0.372. The van der Waals surface area contributed by atoms with E-state index in [1.165, 1.54) is 0 Å². The highest BCUT2D eigenvalue weighted by atomic mass is 35.5. The Morgan fingerprint density at radius 2 is 2.44 bits per heavy atom. The number of aliphatic hydroxyl groups is 1. The van der Waals surface area contributed by atoms with E-state index in [0.717, 1.165) is 6.42 Å². The fraction of sp³-hybridized carbons (Fsp3) is 0.667. The zero-order valence-corrected chi connectivity index (χ0v) is 11.3. The molecular formula is C12H17ClN2O3. The summed E-state index contributed by atoms with van der Waals surface area (Å²) in [5, 5.41) is 13.4. The summed E-state index contributed by atoms with van der Waals surface area (Å²) < 4.78 is 4.82. The van der Waals surface area contributed by atoms with Gasteiger partial charge in [0.2, 0.25) is 11.1 Å². The van der Waals surface area contributed by atoms with Crippen molar-refractivity contribution in [2.75, 3.05) is 13.1 Å². The molecule has 1 aliphatic heterocycles. The molecule has 5 nitrogen and oxygen atoms in total. The highest BCUT2D eigenvalue weighted by Gasteiger charge is 2.29. The van der Waals surface area contributed by atoms with Gasteiger partial charge in [0.15, 0.2) is 0 Å². The summed E-state index contributed by atoms with van der Waals surface area (Å²) in [6.45, 7) is 4.83. The Hall–Kier alpha value is -1.07. The molecule has 6 heteroatoms. The Morgan fingerprint density at radius 3 is 2.94 bits per heavy atom. The molecule has 2 atom stereocenters. The van der Waals surface area contributed by atoms with Gasteiger partial charge in [0.05, 0.1) is 18.2 Å². The molecule has 0 aliphatic carbocycles. The minimum absolute atomic E-state index is 0.00588. The summed E-state index contributed by atoms with van der Waals surface area (Å²) in [7, 11) is 0. The van der Waals surface area contributed by atoms with Gasteiger partial charge in [-0.05, 0) is 31.9 Å². The Morgan fingerprint density at radius 1 is 1.72 bits per heavy atom. The lowest BCUT2D eigenvalue weighted by atomic mass is 10.0. The van der Waals surface area contributed by atoms with Gasteiger partial charge in [-0.3, -0.25) is 4.79 Å². The van der Waals surface area contributed by atoms with E-state index < -0.39 is 0 Å². The van der Waals surface area contributed by atoms with E-state index in [2.05, 4.69) is 5.16 Å². The van der Waals surface area contributed by atoms with Crippen LogP contribution in [0.25, 0.3) is 0 Å². The average molecular weight is 273 g/mol. The maximum atomic E-state index is 12.1. The first kappa shape index (κ1) is 13.4. The molecular weight excluding hydrogens is 256 g/mol. The number of likely N-dealkylation sites (tertiary alicyclic amines) is 1. The summed E-state index contributed by atoms with van der Waals surface area (Å²) in [5.41, 5.74) is 1.31. The van der Waals surface area contributed by atoms with Crippen LogP contribution in [0.5, 0.6) is 0 Å². The molecule has 1 aromatic rings. The smallest absolute Gasteiger partial charge is 0.229 e. The van der Waals surface area contributed by atoms with Gasteiger partial charge in [-0.2, -0.15) is 0 Å². The number of aryl methyl sites for hydroxylation is 1. The predicted molar refractivity (Wildman–Crippen MR) is 66.3 cm³/mol. The van der Waals surface area contributed by atoms with Crippen molar-refractivity contribution in [1.29, 1.82) is 0 Å². The molecule has 0 radical (unpaired) electrons. The quantitative estimate of drug-likeness (QED) is 0.903. The number of aliphatic hydroxyl groups excluding tert-OH is 1. The molecule has 2 unspecified atom stereocenters. The number of nitrogens with zero attached hydrogens (tertiary/aromatic N) is 2. The fourth-order valence-electron chi connectivity index (χ4n) is 2.23. The van der Waals surface area contributed by atoms with Crippen molar-refractivity contribution in [1.82, 2.24) is 10.1 Å². The second-order valence-corrected chi connectivity index (χ2v) is 5.17. The first-order valence-corrected chi connectivity index (χ1v) is 6.43. The maximum absolute atomic E-state index is 12.1. The van der Waals surface area contributed by atoms with E-state index in [1.807, 2.05) is 0 Å². The van der Waals surface area contributed by atoms with E-state index in [1.54, 1.807) is 18.7 Å². The third kappa shape index (κ3) is 2.67. The SMILES string of the molecule is Cc1noc(Cl)c1CC(=O)N1CCC(C(C)O)C1. The van der Waals surface area contributed by atoms with Crippen molar-refractivity contribution in [3.63, 3.8) is 0 Å². The Kier molecular flexibility index (Phi) is 3.92. The van der Waals surface area contributed by atoms with Crippen LogP contribution in [-0.4, -0.2) is 40.3 Å². The molecule has 2 heterocycles. The van der Waals surface area contributed by atoms with Crippen LogP contribution in [0, 0.1) is 12.8 Å². The summed E-state index contributed by atoms with van der Waals surface area (Å²) in [4.78, 5) is 13.9. The van der Waals surface area contributed by atoms with Gasteiger partial charge in [0.25, 0.3) is 0 Å². The predicted octanol–water partition coefficient (Wildman–Crippen LogP) is 1.41. The van der Waals surface area contributed by atoms with Crippen LogP contribution in [0.2, 0.25) is 5.22 Å². The summed E-state index contributed by atoms with van der Waals surface area (Å²) in [6.07, 6.45) is 0.684. The molecule has 0 aromatic carbocycles. The first-order chi connectivity index (χ1) is 8.49. The zero-order valence-electron chi connectivity index (χ0n) is 10.5. The second-order valence-electron chi connectivity index (χ2n) is 4.83. The van der Waals surface area contributed by atoms with E-state index in [0.29, 0.717) is 24.3 Å². The van der Waals surface area contributed by atoms with Gasteiger partial charge in [0.1, 0.15) is 0 Å². The number of hydrogen-bond acceptors (Lipinski definition) is 4. The summed E-state index contributed by atoms with van der Waals surface area (Å²) in [6, 6.07) is 0. The molecule has 2 rings (SSSR count). The van der Waals surface area contributed by atoms with E-state index in [-0.39, 0.29) is 29.6 Å². The van der Waals surface area contributed by atoms with E-state index in [4.69, 9.17) is 16.1 Å². The molecule has 0 spiro atoms. The van der Waals surface area contributed by atoms with Gasteiger partial charge in [-0.15, -0.1) is 0 Å². The maximum Gasteiger partial charge on any atom is 0.229 e. The van der Waals surface area contributed by atoms with Crippen LogP contribution in [0.4, 0.5) is 0 Å². The number of carbonyl (C=O) groups excluding carboxylic acids is 1. The van der Waals surface area contributed by atoms with Crippen LogP contribution < -0.4 is 0 Å². The molecule has 18 heavy (non-hydrogen) atoms. The molecule has 1 aromatic heterocycles. The van der Waals surface area contributed by atoms with Gasteiger partial charge in [-0.1, -0.05) is 5.16 Å². The Balaban J connectivity index is 1.98. The van der Waals surface area contributed by atoms with Gasteiger partial charge in [0, 0.05) is 24.6 Å². The van der Waals surface area contributed by atoms with Crippen LogP contribution in [-0.2, 0) is 11.2 Å². The summed E-state index contributed by atoms with van der Waals surface area (Å²) >= 11 is 5.84. The van der Waals surface area contributed by atoms with E-state index >= 15 is 0 Å². The van der Waals surface area contributed by atoms with Crippen LogP contribution >= 0.6 is 11.6 Å². The molecule has 1 amide bonds. The summed E-state index contributed by atoms with van der Waals surface area (Å²) in [5.74, 6) is 0.180. The normalized spacial score (nSPS) is 21.3. The van der Waals surface area contributed by atoms with Crippen LogP contribution in [0.3, 0.4) is 0 Å². The number of hydrogen-bond donors (Lipinski definition) is 1. The highest BCUT2D eigenvalue weighted by Crippen LogP contribution is 2.23. The van der Waals surface area contributed by atoms with Crippen molar-refractivity contribution in [2.24, 2.45) is 5.92 Å². The number of aromatic nitrogens is 1. The van der Waals surface area contributed by atoms with Crippen LogP contribution in [0.1, 0.15) is 24.6 Å². The molecule has 1 N–H and O–H groups in total. The lowest BCUT2D eigenvalue weighted by Gasteiger charge is -2.17. The fourth-order valence-corrected chi connectivity index (χ4v) is 2.47. The number of carbonyl (C=O) groups is 1. The molecule has 0 saturated carbocycles. The monoisotopic (exact) mass is 272 g/mol. The largest absolute Gasteiger partial charge is 0.393 e. The molecule has 1 aliphatic rings. The van der Waals surface area contributed by atoms with Crippen molar-refractivity contribution in [3.8, 4) is 0 Å². The average Bonchev–Trinajstić information content (AvgIpc) is 2.91. The van der Waals surface area contributed by atoms with Gasteiger partial charge >= 0.3 is 0 Å². The molecule has 100 valence electrons. The third-order valence-corrected chi connectivity index (χ3v) is 3.82. The minimum Gasteiger partial charge on any atom is -0.393 e. The molecule has 1 fully saturated rings. The molecule has 0 bridgehead atoms.